The Kier molecular flexibility index (Phi) is 1.55. The maximum atomic E-state index is 5.88. The Balaban J connectivity index is 2.90. The van der Waals surface area contributed by atoms with Gasteiger partial charge in [0.05, 0.1) is 10.5 Å². The minimum atomic E-state index is 0.619. The highest BCUT2D eigenvalue weighted by molar-refractivity contribution is 6.36. The maximum Gasteiger partial charge on any atom is 0.107 e. The Morgan fingerprint density at radius 1 is 1.18 bits per heavy atom. The van der Waals surface area contributed by atoms with Gasteiger partial charge < -0.3 is 4.98 Å². The first-order valence-corrected chi connectivity index (χ1v) is 3.96. The van der Waals surface area contributed by atoms with Crippen molar-refractivity contribution in [2.75, 3.05) is 0 Å². The third-order valence-corrected chi connectivity index (χ3v) is 2.09. The summed E-state index contributed by atoms with van der Waals surface area (Å²) < 4.78 is 0. The number of hydrogen-bond acceptors (Lipinski definition) is 0. The molecule has 0 fully saturated rings. The molecular weight excluding hydrogens is 181 g/mol. The normalized spacial score (nSPS) is 10.7. The highest BCUT2D eigenvalue weighted by Crippen LogP contribution is 2.24. The van der Waals surface area contributed by atoms with Crippen LogP contribution in [0.1, 0.15) is 0 Å². The summed E-state index contributed by atoms with van der Waals surface area (Å²) in [6, 6.07) is 7.54. The summed E-state index contributed by atoms with van der Waals surface area (Å²) in [5.74, 6) is 0. The van der Waals surface area contributed by atoms with E-state index in [0.29, 0.717) is 10.2 Å². The summed E-state index contributed by atoms with van der Waals surface area (Å²) in [4.78, 5) is 2.96. The number of fused-ring (bicyclic) bond motifs is 1. The van der Waals surface area contributed by atoms with Crippen LogP contribution in [-0.2, 0) is 0 Å². The molecule has 1 aromatic heterocycles. The molecule has 0 radical (unpaired) electrons. The Morgan fingerprint density at radius 3 is 2.73 bits per heavy atom. The van der Waals surface area contributed by atoms with Gasteiger partial charge in [0.2, 0.25) is 0 Å². The first-order valence-electron chi connectivity index (χ1n) is 3.20. The van der Waals surface area contributed by atoms with Gasteiger partial charge in [-0.05, 0) is 12.1 Å². The Bertz CT molecular complexity index is 392. The lowest BCUT2D eigenvalue weighted by Gasteiger charge is -1.90. The lowest BCUT2D eigenvalue weighted by Crippen LogP contribution is -1.67. The van der Waals surface area contributed by atoms with E-state index < -0.39 is 0 Å². The number of aromatic amines is 1. The SMILES string of the molecule is Clc1cc2cccc(Cl)c2[nH]1. The second-order valence-corrected chi connectivity index (χ2v) is 3.14. The molecule has 1 nitrogen and oxygen atoms in total. The van der Waals surface area contributed by atoms with Crippen LogP contribution in [0.15, 0.2) is 24.3 Å². The van der Waals surface area contributed by atoms with Gasteiger partial charge in [0, 0.05) is 5.39 Å². The second kappa shape index (κ2) is 2.43. The average Bonchev–Trinajstić information content (AvgIpc) is 2.31. The maximum absolute atomic E-state index is 5.88. The number of H-pyrrole nitrogens is 1. The molecule has 0 atom stereocenters. The molecule has 11 heavy (non-hydrogen) atoms. The van der Waals surface area contributed by atoms with Gasteiger partial charge in [-0.2, -0.15) is 0 Å². The number of hydrogen-bond donors (Lipinski definition) is 1. The quantitative estimate of drug-likeness (QED) is 0.648. The largest absolute Gasteiger partial charge is 0.344 e. The van der Waals surface area contributed by atoms with E-state index in [9.17, 15) is 0 Å². The summed E-state index contributed by atoms with van der Waals surface area (Å²) >= 11 is 11.6. The molecule has 56 valence electrons. The Labute approximate surface area is 73.9 Å². The molecule has 0 saturated carbocycles. The van der Waals surface area contributed by atoms with E-state index in [-0.39, 0.29) is 0 Å². The predicted octanol–water partition coefficient (Wildman–Crippen LogP) is 3.47. The fourth-order valence-corrected chi connectivity index (χ4v) is 1.53. The summed E-state index contributed by atoms with van der Waals surface area (Å²) in [6.45, 7) is 0. The zero-order valence-corrected chi connectivity index (χ0v) is 7.08. The number of rotatable bonds is 0. The van der Waals surface area contributed by atoms with Crippen molar-refractivity contribution < 1.29 is 0 Å². The standard InChI is InChI=1S/C8H5Cl2N/c9-6-3-1-2-5-4-7(10)11-8(5)6/h1-4,11H. The van der Waals surface area contributed by atoms with Gasteiger partial charge in [0.25, 0.3) is 0 Å². The molecule has 1 N–H and O–H groups in total. The lowest BCUT2D eigenvalue weighted by molar-refractivity contribution is 1.47. The molecule has 0 spiro atoms. The van der Waals surface area contributed by atoms with E-state index >= 15 is 0 Å². The van der Waals surface area contributed by atoms with E-state index in [1.807, 2.05) is 24.3 Å². The number of para-hydroxylation sites is 1. The van der Waals surface area contributed by atoms with Crippen molar-refractivity contribution in [3.8, 4) is 0 Å². The molecular formula is C8H5Cl2N. The van der Waals surface area contributed by atoms with E-state index in [1.165, 1.54) is 0 Å². The molecule has 3 heteroatoms. The molecule has 1 heterocycles. The number of aromatic nitrogens is 1. The smallest absolute Gasteiger partial charge is 0.107 e. The van der Waals surface area contributed by atoms with Gasteiger partial charge in [0.1, 0.15) is 5.15 Å². The molecule has 0 amide bonds. The van der Waals surface area contributed by atoms with Crippen LogP contribution in [0.3, 0.4) is 0 Å². The number of benzene rings is 1. The molecule has 2 aromatic rings. The molecule has 0 aliphatic rings. The van der Waals surface area contributed by atoms with Crippen molar-refractivity contribution in [3.63, 3.8) is 0 Å². The zero-order valence-electron chi connectivity index (χ0n) is 5.57. The second-order valence-electron chi connectivity index (χ2n) is 2.32. The van der Waals surface area contributed by atoms with E-state index in [0.717, 1.165) is 10.9 Å². The van der Waals surface area contributed by atoms with E-state index in [1.54, 1.807) is 0 Å². The molecule has 2 rings (SSSR count). The Morgan fingerprint density at radius 2 is 2.00 bits per heavy atom. The van der Waals surface area contributed by atoms with Gasteiger partial charge in [-0.15, -0.1) is 0 Å². The van der Waals surface area contributed by atoms with Crippen molar-refractivity contribution in [2.24, 2.45) is 0 Å². The Hall–Kier alpha value is -0.660. The van der Waals surface area contributed by atoms with Crippen molar-refractivity contribution in [1.29, 1.82) is 0 Å². The zero-order chi connectivity index (χ0) is 7.84. The minimum absolute atomic E-state index is 0.619. The molecule has 0 unspecified atom stereocenters. The van der Waals surface area contributed by atoms with Crippen LogP contribution in [0.4, 0.5) is 0 Å². The molecule has 1 aromatic carbocycles. The monoisotopic (exact) mass is 185 g/mol. The summed E-state index contributed by atoms with van der Waals surface area (Å²) in [5.41, 5.74) is 0.902. The minimum Gasteiger partial charge on any atom is -0.344 e. The van der Waals surface area contributed by atoms with Gasteiger partial charge in [-0.1, -0.05) is 35.3 Å². The van der Waals surface area contributed by atoms with Crippen molar-refractivity contribution in [1.82, 2.24) is 4.98 Å². The first-order chi connectivity index (χ1) is 5.27. The summed E-state index contributed by atoms with van der Waals surface area (Å²) in [6.07, 6.45) is 0. The van der Waals surface area contributed by atoms with Crippen LogP contribution in [0.2, 0.25) is 10.2 Å². The van der Waals surface area contributed by atoms with Crippen LogP contribution < -0.4 is 0 Å². The fourth-order valence-electron chi connectivity index (χ4n) is 1.08. The molecule has 0 saturated heterocycles. The van der Waals surface area contributed by atoms with Gasteiger partial charge in [0.15, 0.2) is 0 Å². The van der Waals surface area contributed by atoms with Crippen LogP contribution in [0.25, 0.3) is 10.9 Å². The fraction of sp³-hybridized carbons (Fsp3) is 0. The summed E-state index contributed by atoms with van der Waals surface area (Å²) in [7, 11) is 0. The van der Waals surface area contributed by atoms with E-state index in [2.05, 4.69) is 4.98 Å². The predicted molar refractivity (Wildman–Crippen MR) is 48.3 cm³/mol. The van der Waals surface area contributed by atoms with Crippen molar-refractivity contribution in [3.05, 3.63) is 34.4 Å². The number of halogens is 2. The highest BCUT2D eigenvalue weighted by Gasteiger charge is 2.00. The van der Waals surface area contributed by atoms with Crippen molar-refractivity contribution in [2.45, 2.75) is 0 Å². The van der Waals surface area contributed by atoms with Crippen LogP contribution in [0.5, 0.6) is 0 Å². The van der Waals surface area contributed by atoms with Gasteiger partial charge in [-0.25, -0.2) is 0 Å². The lowest BCUT2D eigenvalue weighted by atomic mass is 10.2. The van der Waals surface area contributed by atoms with Crippen LogP contribution in [-0.4, -0.2) is 4.98 Å². The third kappa shape index (κ3) is 1.10. The third-order valence-electron chi connectivity index (χ3n) is 1.57. The topological polar surface area (TPSA) is 15.8 Å². The van der Waals surface area contributed by atoms with Gasteiger partial charge >= 0.3 is 0 Å². The van der Waals surface area contributed by atoms with Crippen LogP contribution >= 0.6 is 23.2 Å². The molecule has 0 bridgehead atoms. The van der Waals surface area contributed by atoms with Crippen LogP contribution in [0, 0.1) is 0 Å². The van der Waals surface area contributed by atoms with E-state index in [4.69, 9.17) is 23.2 Å². The molecule has 0 aliphatic carbocycles. The van der Waals surface area contributed by atoms with Gasteiger partial charge in [-0.3, -0.25) is 0 Å². The first kappa shape index (κ1) is 7.01. The average molecular weight is 186 g/mol. The summed E-state index contributed by atoms with van der Waals surface area (Å²) in [5, 5.41) is 2.37. The number of nitrogens with one attached hydrogen (secondary N) is 1. The molecule has 0 aliphatic heterocycles. The van der Waals surface area contributed by atoms with Crippen molar-refractivity contribution >= 4 is 34.1 Å². The highest BCUT2D eigenvalue weighted by atomic mass is 35.5.